The lowest BCUT2D eigenvalue weighted by atomic mass is 10.2. The number of thiophene rings is 1. The number of carbonyl (C=O) groups is 1. The summed E-state index contributed by atoms with van der Waals surface area (Å²) in [6, 6.07) is 7.31. The first-order valence-electron chi connectivity index (χ1n) is 6.18. The summed E-state index contributed by atoms with van der Waals surface area (Å²) in [6.45, 7) is 2.63. The topological polar surface area (TPSA) is 68.0 Å². The summed E-state index contributed by atoms with van der Waals surface area (Å²) in [7, 11) is 0. The van der Waals surface area contributed by atoms with Crippen molar-refractivity contribution in [3.05, 3.63) is 51.5 Å². The summed E-state index contributed by atoms with van der Waals surface area (Å²) in [4.78, 5) is 17.2. The average Bonchev–Trinajstić information content (AvgIpc) is 2.90. The second-order valence-electron chi connectivity index (χ2n) is 4.11. The molecule has 3 N–H and O–H groups in total. The second kappa shape index (κ2) is 6.85. The Bertz CT molecular complexity index is 667. The van der Waals surface area contributed by atoms with Crippen LogP contribution in [0.5, 0.6) is 0 Å². The zero-order valence-corrected chi connectivity index (χ0v) is 12.0. The highest BCUT2D eigenvalue weighted by Gasteiger charge is 2.08. The molecule has 0 atom stereocenters. The molecule has 0 aliphatic heterocycles. The number of nitrogens with two attached hydrogens (primary N) is 1. The minimum absolute atomic E-state index is 0.181. The highest BCUT2D eigenvalue weighted by molar-refractivity contribution is 7.10. The molecular weight excluding hydrogens is 270 g/mol. The van der Waals surface area contributed by atoms with Crippen LogP contribution in [0, 0.1) is 18.8 Å². The largest absolute Gasteiger partial charge is 0.346 e. The number of rotatable bonds is 3. The molecule has 0 aliphatic carbocycles. The number of nitrogens with zero attached hydrogens (tertiary/aromatic N) is 1. The Labute approximate surface area is 122 Å². The lowest BCUT2D eigenvalue weighted by Crippen LogP contribution is -2.23. The summed E-state index contributed by atoms with van der Waals surface area (Å²) in [5.74, 6) is 5.63. The fourth-order valence-electron chi connectivity index (χ4n) is 1.66. The zero-order valence-electron chi connectivity index (χ0n) is 11.1. The summed E-state index contributed by atoms with van der Waals surface area (Å²) in [6.07, 6.45) is 0. The Hall–Kier alpha value is -2.16. The summed E-state index contributed by atoms with van der Waals surface area (Å²) < 4.78 is 0. The molecule has 2 rings (SSSR count). The third kappa shape index (κ3) is 3.67. The molecule has 0 aliphatic rings. The van der Waals surface area contributed by atoms with Crippen molar-refractivity contribution >= 4 is 17.2 Å². The van der Waals surface area contributed by atoms with Crippen LogP contribution in [-0.4, -0.2) is 17.4 Å². The second-order valence-corrected chi connectivity index (χ2v) is 5.11. The van der Waals surface area contributed by atoms with Gasteiger partial charge in [-0.15, -0.1) is 11.3 Å². The van der Waals surface area contributed by atoms with Gasteiger partial charge in [0, 0.05) is 16.1 Å². The van der Waals surface area contributed by atoms with Crippen LogP contribution in [0.3, 0.4) is 0 Å². The molecule has 5 heteroatoms. The van der Waals surface area contributed by atoms with Crippen molar-refractivity contribution in [2.75, 3.05) is 6.54 Å². The van der Waals surface area contributed by atoms with Gasteiger partial charge in [-0.2, -0.15) is 0 Å². The lowest BCUT2D eigenvalue weighted by molar-refractivity contribution is 0.0946. The normalized spacial score (nSPS) is 9.70. The van der Waals surface area contributed by atoms with E-state index >= 15 is 0 Å². The molecule has 1 amide bonds. The van der Waals surface area contributed by atoms with Gasteiger partial charge < -0.3 is 11.1 Å². The van der Waals surface area contributed by atoms with E-state index in [1.807, 2.05) is 30.5 Å². The number of hydrogen-bond donors (Lipinski definition) is 2. The Morgan fingerprint density at radius 2 is 2.30 bits per heavy atom. The number of pyridine rings is 1. The van der Waals surface area contributed by atoms with Gasteiger partial charge in [0.2, 0.25) is 0 Å². The fraction of sp³-hybridized carbons (Fsp3) is 0.200. The van der Waals surface area contributed by atoms with Gasteiger partial charge >= 0.3 is 0 Å². The molecule has 4 nitrogen and oxygen atoms in total. The minimum atomic E-state index is -0.181. The average molecular weight is 285 g/mol. The number of carbonyl (C=O) groups excluding carboxylic acids is 1. The number of hydrogen-bond acceptors (Lipinski definition) is 4. The van der Waals surface area contributed by atoms with Crippen LogP contribution in [0.4, 0.5) is 0 Å². The van der Waals surface area contributed by atoms with Crippen molar-refractivity contribution in [1.29, 1.82) is 0 Å². The van der Waals surface area contributed by atoms with Crippen LogP contribution >= 0.6 is 11.3 Å². The van der Waals surface area contributed by atoms with Crippen molar-refractivity contribution in [2.24, 2.45) is 5.73 Å². The van der Waals surface area contributed by atoms with E-state index in [4.69, 9.17) is 5.73 Å². The molecule has 0 aromatic carbocycles. The summed E-state index contributed by atoms with van der Waals surface area (Å²) in [5.41, 5.74) is 7.52. The molecule has 0 unspecified atom stereocenters. The quantitative estimate of drug-likeness (QED) is 0.843. The van der Waals surface area contributed by atoms with E-state index in [0.29, 0.717) is 18.8 Å². The highest BCUT2D eigenvalue weighted by Crippen LogP contribution is 2.15. The standard InChI is InChI=1S/C15H15N3OS/c1-11-4-2-6-13(18-11)15(19)17-10-14-12(5-3-8-16)7-9-20-14/h2,4,6-7,9H,8,10,16H2,1H3,(H,17,19). The van der Waals surface area contributed by atoms with E-state index in [9.17, 15) is 4.79 Å². The Kier molecular flexibility index (Phi) is 4.88. The zero-order chi connectivity index (χ0) is 14.4. The molecule has 0 radical (unpaired) electrons. The van der Waals surface area contributed by atoms with Crippen molar-refractivity contribution in [3.63, 3.8) is 0 Å². The predicted octanol–water partition coefficient (Wildman–Crippen LogP) is 1.69. The first kappa shape index (κ1) is 14.3. The van der Waals surface area contributed by atoms with E-state index < -0.39 is 0 Å². The number of aryl methyl sites for hydroxylation is 1. The molecule has 0 spiro atoms. The van der Waals surface area contributed by atoms with Crippen LogP contribution in [0.2, 0.25) is 0 Å². The summed E-state index contributed by atoms with van der Waals surface area (Å²) in [5, 5.41) is 4.81. The molecule has 102 valence electrons. The molecule has 0 saturated heterocycles. The molecule has 20 heavy (non-hydrogen) atoms. The third-order valence-electron chi connectivity index (χ3n) is 2.60. The predicted molar refractivity (Wildman–Crippen MR) is 80.4 cm³/mol. The van der Waals surface area contributed by atoms with E-state index in [1.54, 1.807) is 17.4 Å². The molecule has 2 heterocycles. The number of nitrogens with one attached hydrogen (secondary N) is 1. The minimum Gasteiger partial charge on any atom is -0.346 e. The van der Waals surface area contributed by atoms with Crippen LogP contribution in [0.15, 0.2) is 29.6 Å². The highest BCUT2D eigenvalue weighted by atomic mass is 32.1. The number of amides is 1. The molecule has 0 fully saturated rings. The van der Waals surface area contributed by atoms with Gasteiger partial charge in [-0.3, -0.25) is 4.79 Å². The van der Waals surface area contributed by atoms with Crippen molar-refractivity contribution in [3.8, 4) is 11.8 Å². The van der Waals surface area contributed by atoms with Crippen molar-refractivity contribution < 1.29 is 4.79 Å². The van der Waals surface area contributed by atoms with Crippen LogP contribution < -0.4 is 11.1 Å². The van der Waals surface area contributed by atoms with E-state index in [2.05, 4.69) is 22.1 Å². The molecular formula is C15H15N3OS. The van der Waals surface area contributed by atoms with Gasteiger partial charge in [-0.05, 0) is 30.5 Å². The Morgan fingerprint density at radius 1 is 1.45 bits per heavy atom. The van der Waals surface area contributed by atoms with Gasteiger partial charge in [0.25, 0.3) is 5.91 Å². The third-order valence-corrected chi connectivity index (χ3v) is 3.52. The van der Waals surface area contributed by atoms with Gasteiger partial charge in [0.05, 0.1) is 13.1 Å². The monoisotopic (exact) mass is 285 g/mol. The van der Waals surface area contributed by atoms with E-state index in [0.717, 1.165) is 16.1 Å². The fourth-order valence-corrected chi connectivity index (χ4v) is 2.43. The molecule has 0 saturated carbocycles. The van der Waals surface area contributed by atoms with Crippen molar-refractivity contribution in [1.82, 2.24) is 10.3 Å². The number of aromatic nitrogens is 1. The SMILES string of the molecule is Cc1cccc(C(=O)NCc2sccc2C#CCN)n1. The van der Waals surface area contributed by atoms with Crippen LogP contribution in [-0.2, 0) is 6.54 Å². The van der Waals surface area contributed by atoms with E-state index in [1.165, 1.54) is 0 Å². The molecule has 0 bridgehead atoms. The maximum absolute atomic E-state index is 12.0. The van der Waals surface area contributed by atoms with Gasteiger partial charge in [0.1, 0.15) is 5.69 Å². The molecule has 2 aromatic heterocycles. The van der Waals surface area contributed by atoms with Gasteiger partial charge in [-0.25, -0.2) is 4.98 Å². The lowest BCUT2D eigenvalue weighted by Gasteiger charge is -2.04. The first-order chi connectivity index (χ1) is 9.70. The van der Waals surface area contributed by atoms with Crippen molar-refractivity contribution in [2.45, 2.75) is 13.5 Å². The Morgan fingerprint density at radius 3 is 3.05 bits per heavy atom. The smallest absolute Gasteiger partial charge is 0.270 e. The van der Waals surface area contributed by atoms with E-state index in [-0.39, 0.29) is 5.91 Å². The first-order valence-corrected chi connectivity index (χ1v) is 7.06. The Balaban J connectivity index is 2.02. The van der Waals surface area contributed by atoms with Gasteiger partial charge in [-0.1, -0.05) is 17.9 Å². The maximum Gasteiger partial charge on any atom is 0.270 e. The van der Waals surface area contributed by atoms with Crippen LogP contribution in [0.1, 0.15) is 26.6 Å². The maximum atomic E-state index is 12.0. The molecule has 2 aromatic rings. The summed E-state index contributed by atoms with van der Waals surface area (Å²) >= 11 is 1.56. The van der Waals surface area contributed by atoms with Gasteiger partial charge in [0.15, 0.2) is 0 Å². The van der Waals surface area contributed by atoms with Crippen LogP contribution in [0.25, 0.3) is 0 Å².